The number of carbonyl (C=O) groups is 5. The molecule has 32 heavy (non-hydrogen) atoms. The minimum atomic E-state index is -1.49. The van der Waals surface area contributed by atoms with Crippen LogP contribution in [0.5, 0.6) is 0 Å². The van der Waals surface area contributed by atoms with Crippen LogP contribution in [-0.4, -0.2) is 80.6 Å². The fraction of sp³-hybridized carbons (Fsp3) is 0.556. The maximum atomic E-state index is 12.9. The lowest BCUT2D eigenvalue weighted by Crippen LogP contribution is -2.59. The summed E-state index contributed by atoms with van der Waals surface area (Å²) in [6, 6.07) is -5.31. The van der Waals surface area contributed by atoms with Crippen molar-refractivity contribution < 1.29 is 34.2 Å². The Bertz CT molecular complexity index is 813. The van der Waals surface area contributed by atoms with Gasteiger partial charge in [0.2, 0.25) is 23.6 Å². The van der Waals surface area contributed by atoms with E-state index in [1.165, 1.54) is 12.5 Å². The Morgan fingerprint density at radius 2 is 1.66 bits per heavy atom. The predicted octanol–water partition coefficient (Wildman–Crippen LogP) is -3.66. The van der Waals surface area contributed by atoms with Gasteiger partial charge in [-0.05, 0) is 5.92 Å². The molecular formula is C18H29N7O7. The minimum Gasteiger partial charge on any atom is -0.480 e. The van der Waals surface area contributed by atoms with Crippen molar-refractivity contribution in [1.82, 2.24) is 25.9 Å². The topological polar surface area (TPSA) is 243 Å². The lowest BCUT2D eigenvalue weighted by atomic mass is 10.0. The molecule has 0 saturated carbocycles. The quantitative estimate of drug-likeness (QED) is 0.146. The number of rotatable bonds is 13. The molecule has 0 bridgehead atoms. The van der Waals surface area contributed by atoms with Gasteiger partial charge in [0.25, 0.3) is 0 Å². The van der Waals surface area contributed by atoms with Gasteiger partial charge >= 0.3 is 5.97 Å². The van der Waals surface area contributed by atoms with Gasteiger partial charge in [0.05, 0.1) is 19.4 Å². The van der Waals surface area contributed by atoms with Crippen molar-refractivity contribution in [2.45, 2.75) is 50.9 Å². The highest BCUT2D eigenvalue weighted by Crippen LogP contribution is 2.05. The average molecular weight is 455 g/mol. The van der Waals surface area contributed by atoms with E-state index in [0.29, 0.717) is 5.69 Å². The number of carbonyl (C=O) groups excluding carboxylic acids is 4. The molecule has 1 rings (SSSR count). The number of aromatic amines is 1. The minimum absolute atomic E-state index is 0.0790. The predicted molar refractivity (Wildman–Crippen MR) is 109 cm³/mol. The first-order chi connectivity index (χ1) is 15.0. The second kappa shape index (κ2) is 12.4. The molecule has 1 aromatic heterocycles. The Morgan fingerprint density at radius 1 is 1.06 bits per heavy atom. The first kappa shape index (κ1) is 26.5. The number of nitrogens with zero attached hydrogens (tertiary/aromatic N) is 1. The number of imidazole rings is 1. The molecule has 0 saturated heterocycles. The van der Waals surface area contributed by atoms with E-state index in [4.69, 9.17) is 16.6 Å². The van der Waals surface area contributed by atoms with E-state index in [1.807, 2.05) is 0 Å². The Balaban J connectivity index is 3.04. The molecule has 0 radical (unpaired) electrons. The van der Waals surface area contributed by atoms with Gasteiger partial charge in [-0.25, -0.2) is 9.78 Å². The van der Waals surface area contributed by atoms with Gasteiger partial charge in [0.15, 0.2) is 0 Å². The molecule has 10 N–H and O–H groups in total. The van der Waals surface area contributed by atoms with Crippen molar-refractivity contribution in [3.8, 4) is 0 Å². The number of nitrogens with two attached hydrogens (primary N) is 2. The van der Waals surface area contributed by atoms with Crippen molar-refractivity contribution >= 4 is 29.6 Å². The highest BCUT2D eigenvalue weighted by atomic mass is 16.4. The fourth-order valence-corrected chi connectivity index (χ4v) is 2.64. The summed E-state index contributed by atoms with van der Waals surface area (Å²) in [5.41, 5.74) is 11.1. The number of carboxylic acid groups (broad SMARTS) is 1. The number of carboxylic acids is 1. The van der Waals surface area contributed by atoms with E-state index in [9.17, 15) is 29.1 Å². The summed E-state index contributed by atoms with van der Waals surface area (Å²) in [4.78, 5) is 66.9. The molecule has 14 nitrogen and oxygen atoms in total. The lowest BCUT2D eigenvalue weighted by molar-refractivity contribution is -0.143. The molecule has 0 spiro atoms. The van der Waals surface area contributed by atoms with E-state index >= 15 is 0 Å². The average Bonchev–Trinajstić information content (AvgIpc) is 3.22. The number of H-pyrrole nitrogens is 1. The molecule has 0 aromatic carbocycles. The summed E-state index contributed by atoms with van der Waals surface area (Å²) < 4.78 is 0. The Kier molecular flexibility index (Phi) is 10.2. The second-order valence-electron chi connectivity index (χ2n) is 7.43. The van der Waals surface area contributed by atoms with Crippen molar-refractivity contribution in [3.05, 3.63) is 18.2 Å². The van der Waals surface area contributed by atoms with Crippen LogP contribution in [0.4, 0.5) is 0 Å². The van der Waals surface area contributed by atoms with Crippen LogP contribution in [-0.2, 0) is 30.4 Å². The number of hydrogen-bond donors (Lipinski definition) is 8. The smallest absolute Gasteiger partial charge is 0.326 e. The van der Waals surface area contributed by atoms with Crippen LogP contribution in [0.15, 0.2) is 12.5 Å². The largest absolute Gasteiger partial charge is 0.480 e. The summed E-state index contributed by atoms with van der Waals surface area (Å²) in [6.45, 7) is 2.48. The van der Waals surface area contributed by atoms with E-state index in [2.05, 4.69) is 25.9 Å². The molecule has 4 atom stereocenters. The Hall–Kier alpha value is -3.52. The number of aliphatic carboxylic acids is 1. The molecule has 4 unspecified atom stereocenters. The molecule has 14 heteroatoms. The van der Waals surface area contributed by atoms with Crippen LogP contribution >= 0.6 is 0 Å². The van der Waals surface area contributed by atoms with Crippen LogP contribution in [0.3, 0.4) is 0 Å². The van der Waals surface area contributed by atoms with Gasteiger partial charge in [0, 0.05) is 18.3 Å². The number of aromatic nitrogens is 2. The van der Waals surface area contributed by atoms with Gasteiger partial charge in [-0.3, -0.25) is 19.2 Å². The van der Waals surface area contributed by atoms with Gasteiger partial charge in [-0.2, -0.15) is 0 Å². The maximum absolute atomic E-state index is 12.9. The molecule has 0 aliphatic carbocycles. The third-order valence-electron chi connectivity index (χ3n) is 4.41. The molecule has 1 aromatic rings. The van der Waals surface area contributed by atoms with E-state index < -0.39 is 72.7 Å². The van der Waals surface area contributed by atoms with E-state index in [0.717, 1.165) is 0 Å². The van der Waals surface area contributed by atoms with Crippen molar-refractivity contribution in [3.63, 3.8) is 0 Å². The summed E-state index contributed by atoms with van der Waals surface area (Å²) >= 11 is 0. The molecule has 0 fully saturated rings. The third-order valence-corrected chi connectivity index (χ3v) is 4.41. The van der Waals surface area contributed by atoms with Gasteiger partial charge in [-0.15, -0.1) is 0 Å². The molecule has 0 aliphatic rings. The molecular weight excluding hydrogens is 426 g/mol. The number of primary amides is 1. The fourth-order valence-electron chi connectivity index (χ4n) is 2.64. The summed E-state index contributed by atoms with van der Waals surface area (Å²) in [7, 11) is 0. The van der Waals surface area contributed by atoms with Crippen molar-refractivity contribution in [2.75, 3.05) is 6.61 Å². The van der Waals surface area contributed by atoms with Gasteiger partial charge in [0.1, 0.15) is 24.2 Å². The zero-order chi connectivity index (χ0) is 24.4. The summed E-state index contributed by atoms with van der Waals surface area (Å²) in [5, 5.41) is 25.2. The number of aliphatic hydroxyl groups excluding tert-OH is 1. The highest BCUT2D eigenvalue weighted by Gasteiger charge is 2.32. The zero-order valence-corrected chi connectivity index (χ0v) is 17.7. The summed E-state index contributed by atoms with van der Waals surface area (Å²) in [5.74, 6) is -5.31. The number of amides is 4. The van der Waals surface area contributed by atoms with E-state index in [1.54, 1.807) is 13.8 Å². The zero-order valence-electron chi connectivity index (χ0n) is 17.7. The highest BCUT2D eigenvalue weighted by molar-refractivity contribution is 5.96. The monoisotopic (exact) mass is 455 g/mol. The molecule has 178 valence electrons. The Labute approximate surface area is 183 Å². The molecule has 0 aliphatic heterocycles. The van der Waals surface area contributed by atoms with Crippen molar-refractivity contribution in [2.24, 2.45) is 17.4 Å². The first-order valence-electron chi connectivity index (χ1n) is 9.72. The van der Waals surface area contributed by atoms with Crippen LogP contribution in [0.25, 0.3) is 0 Å². The second-order valence-corrected chi connectivity index (χ2v) is 7.43. The number of hydrogen-bond acceptors (Lipinski definition) is 8. The van der Waals surface area contributed by atoms with Crippen LogP contribution < -0.4 is 27.4 Å². The van der Waals surface area contributed by atoms with Crippen molar-refractivity contribution in [1.29, 1.82) is 0 Å². The number of nitrogens with one attached hydrogen (secondary N) is 4. The number of aliphatic hydroxyl groups is 1. The SMILES string of the molecule is CC(C)C(NC(=O)C(CC(N)=O)NC(=O)C(Cc1cnc[nH]1)NC(=O)C(N)CO)C(=O)O. The molecule has 4 amide bonds. The van der Waals surface area contributed by atoms with E-state index in [-0.39, 0.29) is 6.42 Å². The summed E-state index contributed by atoms with van der Waals surface area (Å²) in [6.07, 6.45) is 2.08. The van der Waals surface area contributed by atoms with Gasteiger partial charge in [-0.1, -0.05) is 13.8 Å². The lowest BCUT2D eigenvalue weighted by Gasteiger charge is -2.25. The standard InChI is InChI=1S/C18H29N7O7/c1-8(2)14(18(31)32)25-17(30)12(4-13(20)27)24-16(29)11(3-9-5-21-7-22-9)23-15(28)10(19)6-26/h5,7-8,10-12,14,26H,3-4,6,19H2,1-2H3,(H2,20,27)(H,21,22)(H,23,28)(H,24,29)(H,25,30)(H,31,32). The normalized spacial score (nSPS) is 14.7. The first-order valence-corrected chi connectivity index (χ1v) is 9.72. The maximum Gasteiger partial charge on any atom is 0.326 e. The van der Waals surface area contributed by atoms with Crippen LogP contribution in [0.2, 0.25) is 0 Å². The molecule has 1 heterocycles. The third kappa shape index (κ3) is 8.31. The van der Waals surface area contributed by atoms with Crippen LogP contribution in [0, 0.1) is 5.92 Å². The van der Waals surface area contributed by atoms with Crippen LogP contribution in [0.1, 0.15) is 26.0 Å². The van der Waals surface area contributed by atoms with Gasteiger partial charge < -0.3 is 42.6 Å². The Morgan fingerprint density at radius 3 is 2.12 bits per heavy atom.